The summed E-state index contributed by atoms with van der Waals surface area (Å²) < 4.78 is 0. The van der Waals surface area contributed by atoms with Gasteiger partial charge in [-0.2, -0.15) is 0 Å². The number of nitrogens with one attached hydrogen (secondary N) is 1. The van der Waals surface area contributed by atoms with E-state index in [9.17, 15) is 5.11 Å². The van der Waals surface area contributed by atoms with Crippen molar-refractivity contribution in [1.29, 1.82) is 0 Å². The van der Waals surface area contributed by atoms with E-state index in [2.05, 4.69) is 15.3 Å². The molecule has 0 amide bonds. The van der Waals surface area contributed by atoms with Crippen LogP contribution in [-0.4, -0.2) is 15.1 Å². The molecule has 2 N–H and O–H groups in total. The molecule has 1 aromatic carbocycles. The summed E-state index contributed by atoms with van der Waals surface area (Å²) in [6, 6.07) is 7.20. The first kappa shape index (κ1) is 11.5. The molecule has 0 atom stereocenters. The summed E-state index contributed by atoms with van der Waals surface area (Å²) in [6.07, 6.45) is 3.52. The third-order valence-corrected chi connectivity index (χ3v) is 2.38. The summed E-state index contributed by atoms with van der Waals surface area (Å²) in [4.78, 5) is 8.43. The Morgan fingerprint density at radius 3 is 2.76 bits per heavy atom. The summed E-state index contributed by atoms with van der Waals surface area (Å²) in [6.45, 7) is 3.28. The highest BCUT2D eigenvalue weighted by atomic mass is 16.3. The number of hydrogen-bond donors (Lipinski definition) is 2. The number of phenols is 1. The van der Waals surface area contributed by atoms with Gasteiger partial charge in [-0.1, -0.05) is 12.1 Å². The van der Waals surface area contributed by atoms with Crippen LogP contribution in [0.2, 0.25) is 0 Å². The van der Waals surface area contributed by atoms with Crippen molar-refractivity contribution in [2.45, 2.75) is 20.0 Å². The van der Waals surface area contributed by atoms with E-state index in [1.165, 1.54) is 0 Å². The van der Waals surface area contributed by atoms with Crippen molar-refractivity contribution in [1.82, 2.24) is 15.3 Å². The van der Waals surface area contributed by atoms with Crippen LogP contribution in [0.15, 0.2) is 36.7 Å². The van der Waals surface area contributed by atoms with Crippen LogP contribution in [-0.2, 0) is 13.1 Å². The standard InChI is InChI=1S/C13H15N3O/c1-10-6-16-12(9-15-10)8-14-7-11-3-2-4-13(17)5-11/h2-6,9,14,17H,7-8H2,1H3. The first-order valence-corrected chi connectivity index (χ1v) is 5.50. The van der Waals surface area contributed by atoms with Gasteiger partial charge in [0.05, 0.1) is 11.4 Å². The number of aromatic hydroxyl groups is 1. The summed E-state index contributed by atoms with van der Waals surface area (Å²) in [5, 5.41) is 12.6. The van der Waals surface area contributed by atoms with Crippen molar-refractivity contribution in [2.75, 3.05) is 0 Å². The molecule has 0 unspecified atom stereocenters. The Labute approximate surface area is 100 Å². The number of benzene rings is 1. The molecule has 0 aliphatic carbocycles. The van der Waals surface area contributed by atoms with E-state index in [4.69, 9.17) is 0 Å². The highest BCUT2D eigenvalue weighted by Crippen LogP contribution is 2.10. The second-order valence-corrected chi connectivity index (χ2v) is 3.92. The fourth-order valence-corrected chi connectivity index (χ4v) is 1.51. The number of aromatic nitrogens is 2. The molecule has 0 saturated heterocycles. The van der Waals surface area contributed by atoms with Gasteiger partial charge in [-0.3, -0.25) is 9.97 Å². The lowest BCUT2D eigenvalue weighted by Gasteiger charge is -2.04. The smallest absolute Gasteiger partial charge is 0.115 e. The topological polar surface area (TPSA) is 58.0 Å². The summed E-state index contributed by atoms with van der Waals surface area (Å²) in [7, 11) is 0. The Morgan fingerprint density at radius 2 is 2.06 bits per heavy atom. The molecule has 0 saturated carbocycles. The van der Waals surface area contributed by atoms with Crippen LogP contribution >= 0.6 is 0 Å². The zero-order valence-corrected chi connectivity index (χ0v) is 9.72. The van der Waals surface area contributed by atoms with Crippen molar-refractivity contribution in [2.24, 2.45) is 0 Å². The molecule has 0 fully saturated rings. The Balaban J connectivity index is 1.85. The van der Waals surface area contributed by atoms with E-state index in [0.29, 0.717) is 18.8 Å². The Bertz CT molecular complexity index is 482. The maximum absolute atomic E-state index is 9.31. The summed E-state index contributed by atoms with van der Waals surface area (Å²) in [5.41, 5.74) is 2.88. The van der Waals surface area contributed by atoms with E-state index in [-0.39, 0.29) is 0 Å². The molecular formula is C13H15N3O. The van der Waals surface area contributed by atoms with Gasteiger partial charge in [0.15, 0.2) is 0 Å². The largest absolute Gasteiger partial charge is 0.508 e. The predicted octanol–water partition coefficient (Wildman–Crippen LogP) is 1.78. The fraction of sp³-hybridized carbons (Fsp3) is 0.231. The second kappa shape index (κ2) is 5.41. The van der Waals surface area contributed by atoms with Gasteiger partial charge in [0.1, 0.15) is 5.75 Å². The van der Waals surface area contributed by atoms with Crippen LogP contribution in [0, 0.1) is 6.92 Å². The molecule has 0 aliphatic heterocycles. The van der Waals surface area contributed by atoms with Crippen LogP contribution in [0.25, 0.3) is 0 Å². The molecule has 1 aromatic heterocycles. The zero-order chi connectivity index (χ0) is 12.1. The Kier molecular flexibility index (Phi) is 3.67. The van der Waals surface area contributed by atoms with E-state index < -0.39 is 0 Å². The minimum Gasteiger partial charge on any atom is -0.508 e. The SMILES string of the molecule is Cc1cnc(CNCc2cccc(O)c2)cn1. The van der Waals surface area contributed by atoms with Crippen LogP contribution in [0.4, 0.5) is 0 Å². The molecule has 4 heteroatoms. The van der Waals surface area contributed by atoms with Crippen LogP contribution in [0.3, 0.4) is 0 Å². The number of hydrogen-bond acceptors (Lipinski definition) is 4. The Morgan fingerprint density at radius 1 is 1.18 bits per heavy atom. The average Bonchev–Trinajstić information content (AvgIpc) is 2.32. The molecule has 0 aliphatic rings. The molecule has 1 heterocycles. The maximum atomic E-state index is 9.31. The van der Waals surface area contributed by atoms with Gasteiger partial charge in [0.25, 0.3) is 0 Å². The number of rotatable bonds is 4. The van der Waals surface area contributed by atoms with Gasteiger partial charge >= 0.3 is 0 Å². The van der Waals surface area contributed by atoms with Crippen LogP contribution in [0.1, 0.15) is 17.0 Å². The van der Waals surface area contributed by atoms with E-state index >= 15 is 0 Å². The molecule has 0 radical (unpaired) electrons. The van der Waals surface area contributed by atoms with Crippen LogP contribution in [0.5, 0.6) is 5.75 Å². The van der Waals surface area contributed by atoms with Crippen molar-refractivity contribution >= 4 is 0 Å². The number of phenolic OH excluding ortho intramolecular Hbond substituents is 1. The number of nitrogens with zero attached hydrogens (tertiary/aromatic N) is 2. The lowest BCUT2D eigenvalue weighted by molar-refractivity contribution is 0.474. The fourth-order valence-electron chi connectivity index (χ4n) is 1.51. The minimum atomic E-state index is 0.291. The third kappa shape index (κ3) is 3.53. The molecule has 88 valence electrons. The average molecular weight is 229 g/mol. The maximum Gasteiger partial charge on any atom is 0.115 e. The quantitative estimate of drug-likeness (QED) is 0.839. The third-order valence-electron chi connectivity index (χ3n) is 2.38. The van der Waals surface area contributed by atoms with Gasteiger partial charge in [-0.25, -0.2) is 0 Å². The lowest BCUT2D eigenvalue weighted by atomic mass is 10.2. The lowest BCUT2D eigenvalue weighted by Crippen LogP contribution is -2.13. The predicted molar refractivity (Wildman–Crippen MR) is 65.4 cm³/mol. The van der Waals surface area contributed by atoms with Gasteiger partial charge in [-0.05, 0) is 24.6 Å². The van der Waals surface area contributed by atoms with E-state index in [1.807, 2.05) is 19.1 Å². The molecule has 17 heavy (non-hydrogen) atoms. The highest BCUT2D eigenvalue weighted by molar-refractivity contribution is 5.26. The zero-order valence-electron chi connectivity index (χ0n) is 9.72. The van der Waals surface area contributed by atoms with Crippen LogP contribution < -0.4 is 5.32 Å². The first-order chi connectivity index (χ1) is 8.24. The van der Waals surface area contributed by atoms with Gasteiger partial charge in [0.2, 0.25) is 0 Å². The molecule has 2 rings (SSSR count). The molecule has 4 nitrogen and oxygen atoms in total. The monoisotopic (exact) mass is 229 g/mol. The van der Waals surface area contributed by atoms with E-state index in [0.717, 1.165) is 17.0 Å². The normalized spacial score (nSPS) is 10.4. The Hall–Kier alpha value is -1.94. The molecular weight excluding hydrogens is 214 g/mol. The van der Waals surface area contributed by atoms with Crippen molar-refractivity contribution < 1.29 is 5.11 Å². The summed E-state index contributed by atoms with van der Waals surface area (Å²) in [5.74, 6) is 0.291. The minimum absolute atomic E-state index is 0.291. The molecule has 0 bridgehead atoms. The second-order valence-electron chi connectivity index (χ2n) is 3.92. The highest BCUT2D eigenvalue weighted by Gasteiger charge is 1.97. The molecule has 2 aromatic rings. The molecule has 0 spiro atoms. The van der Waals surface area contributed by atoms with Gasteiger partial charge in [-0.15, -0.1) is 0 Å². The van der Waals surface area contributed by atoms with Gasteiger partial charge in [0, 0.05) is 25.5 Å². The van der Waals surface area contributed by atoms with Crippen molar-refractivity contribution in [3.8, 4) is 5.75 Å². The van der Waals surface area contributed by atoms with Gasteiger partial charge < -0.3 is 10.4 Å². The van der Waals surface area contributed by atoms with Crippen molar-refractivity contribution in [3.63, 3.8) is 0 Å². The van der Waals surface area contributed by atoms with Crippen molar-refractivity contribution in [3.05, 3.63) is 53.6 Å². The summed E-state index contributed by atoms with van der Waals surface area (Å²) >= 11 is 0. The number of aryl methyl sites for hydroxylation is 1. The first-order valence-electron chi connectivity index (χ1n) is 5.50. The van der Waals surface area contributed by atoms with E-state index in [1.54, 1.807) is 24.5 Å².